The number of carbonyl (C=O) groups is 6. The molecule has 6 nitrogen and oxygen atoms in total. The molecular weight excluding hydrogens is 312 g/mol. The summed E-state index contributed by atoms with van der Waals surface area (Å²) in [6, 6.07) is 0. The molecule has 0 aromatic carbocycles. The van der Waals surface area contributed by atoms with Gasteiger partial charge in [-0.1, -0.05) is 39.5 Å². The molecule has 0 rings (SSSR count). The van der Waals surface area contributed by atoms with E-state index >= 15 is 0 Å². The number of carbonyl (C=O) groups excluding carboxylic acids is 6. The van der Waals surface area contributed by atoms with E-state index < -0.39 is 56.8 Å². The second-order valence-corrected chi connectivity index (χ2v) is 4.44. The van der Waals surface area contributed by atoms with Gasteiger partial charge in [0, 0.05) is 0 Å². The van der Waals surface area contributed by atoms with E-state index in [-0.39, 0.29) is 6.29 Å². The third kappa shape index (κ3) is 4.23. The van der Waals surface area contributed by atoms with Gasteiger partial charge in [-0.25, -0.2) is 0 Å². The van der Waals surface area contributed by atoms with Crippen LogP contribution in [0.4, 0.5) is 0 Å². The van der Waals surface area contributed by atoms with Crippen LogP contribution in [-0.2, 0) is 28.8 Å². The number of rotatable bonds is 11. The first-order valence-corrected chi connectivity index (χ1v) is 6.26. The summed E-state index contributed by atoms with van der Waals surface area (Å²) in [5.41, 5.74) is -3.32. The van der Waals surface area contributed by atoms with Crippen molar-refractivity contribution < 1.29 is 28.8 Å². The van der Waals surface area contributed by atoms with Gasteiger partial charge >= 0.3 is 0 Å². The van der Waals surface area contributed by atoms with Gasteiger partial charge in [0.05, 0.1) is 27.9 Å². The Labute approximate surface area is 138 Å². The third-order valence-corrected chi connectivity index (χ3v) is 2.84. The quantitative estimate of drug-likeness (QED) is 0.243. The maximum atomic E-state index is 12.0. The molecule has 0 N–H and O–H groups in total. The van der Waals surface area contributed by atoms with E-state index in [0.717, 1.165) is 6.08 Å². The SMILES string of the molecule is C=CC(=O)C(=C)C(=O)C(=C)C(=O)C(=C)C(=O)C(=C)C(=O)C(=C)C=O. The third-order valence-electron chi connectivity index (χ3n) is 2.84. The lowest BCUT2D eigenvalue weighted by atomic mass is 9.91. The first-order valence-electron chi connectivity index (χ1n) is 6.26. The van der Waals surface area contributed by atoms with Crippen LogP contribution in [0.15, 0.2) is 73.4 Å². The lowest BCUT2D eigenvalue weighted by Gasteiger charge is -2.08. The van der Waals surface area contributed by atoms with Crippen LogP contribution in [0, 0.1) is 0 Å². The number of Topliss-reactive ketones (excluding diaryl/α,β-unsaturated/α-hetero) is 4. The topological polar surface area (TPSA) is 102 Å². The molecule has 0 aliphatic carbocycles. The fourth-order valence-electron chi connectivity index (χ4n) is 1.34. The molecule has 0 unspecified atom stereocenters. The highest BCUT2D eigenvalue weighted by molar-refractivity contribution is 6.46. The van der Waals surface area contributed by atoms with Gasteiger partial charge in [-0.05, 0) is 6.08 Å². The fraction of sp³-hybridized carbons (Fsp3) is 0. The number of aldehydes is 1. The normalized spacial score (nSPS) is 9.17. The molecule has 0 radical (unpaired) electrons. The summed E-state index contributed by atoms with van der Waals surface area (Å²) in [6.45, 7) is 19.1. The largest absolute Gasteiger partial charge is 0.298 e. The van der Waals surface area contributed by atoms with Crippen LogP contribution in [0.1, 0.15) is 0 Å². The average Bonchev–Trinajstić information content (AvgIpc) is 2.61. The Balaban J connectivity index is 5.35. The van der Waals surface area contributed by atoms with Crippen molar-refractivity contribution in [2.45, 2.75) is 0 Å². The van der Waals surface area contributed by atoms with Crippen LogP contribution < -0.4 is 0 Å². The summed E-state index contributed by atoms with van der Waals surface area (Å²) >= 11 is 0. The van der Waals surface area contributed by atoms with Crippen LogP contribution in [-0.4, -0.2) is 35.2 Å². The number of hydrogen-bond acceptors (Lipinski definition) is 6. The highest BCUT2D eigenvalue weighted by Crippen LogP contribution is 2.14. The molecule has 0 aromatic heterocycles. The minimum Gasteiger partial charge on any atom is -0.298 e. The Bertz CT molecular complexity index is 707. The van der Waals surface area contributed by atoms with Crippen molar-refractivity contribution in [2.75, 3.05) is 0 Å². The van der Waals surface area contributed by atoms with E-state index in [1.165, 1.54) is 0 Å². The maximum Gasteiger partial charge on any atom is 0.199 e. The van der Waals surface area contributed by atoms with Gasteiger partial charge < -0.3 is 0 Å². The molecule has 0 fully saturated rings. The maximum absolute atomic E-state index is 12.0. The van der Waals surface area contributed by atoms with Gasteiger partial charge in [-0.3, -0.25) is 28.8 Å². The predicted molar refractivity (Wildman–Crippen MR) is 87.0 cm³/mol. The van der Waals surface area contributed by atoms with Crippen molar-refractivity contribution in [3.05, 3.63) is 73.4 Å². The Morgan fingerprint density at radius 3 is 1.25 bits per heavy atom. The van der Waals surface area contributed by atoms with E-state index in [1.54, 1.807) is 0 Å². The minimum absolute atomic E-state index is 0.124. The minimum atomic E-state index is -1.19. The first-order chi connectivity index (χ1) is 11.0. The second kappa shape index (κ2) is 8.19. The predicted octanol–water partition coefficient (Wildman–Crippen LogP) is 0.998. The molecule has 0 spiro atoms. The van der Waals surface area contributed by atoms with Gasteiger partial charge in [0.1, 0.15) is 0 Å². The van der Waals surface area contributed by atoms with Crippen molar-refractivity contribution in [1.29, 1.82) is 0 Å². The number of hydrogen-bond donors (Lipinski definition) is 0. The standard InChI is InChI=1S/C18H14O6/c1-7-14(20)10(3)16(22)12(5)18(24)13(6)17(23)11(4)15(21)9(2)8-19/h7-8H,1-6H2. The summed E-state index contributed by atoms with van der Waals surface area (Å²) in [6.07, 6.45) is 0.947. The first kappa shape index (κ1) is 20.5. The Hall–Kier alpha value is -3.54. The molecule has 122 valence electrons. The Morgan fingerprint density at radius 1 is 0.583 bits per heavy atom. The van der Waals surface area contributed by atoms with E-state index in [1.807, 2.05) is 0 Å². The van der Waals surface area contributed by atoms with Crippen molar-refractivity contribution in [3.63, 3.8) is 0 Å². The van der Waals surface area contributed by atoms with Crippen molar-refractivity contribution in [2.24, 2.45) is 0 Å². The molecule has 0 amide bonds. The highest BCUT2D eigenvalue weighted by Gasteiger charge is 2.29. The van der Waals surface area contributed by atoms with Gasteiger partial charge in [0.15, 0.2) is 35.2 Å². The smallest absolute Gasteiger partial charge is 0.199 e. The van der Waals surface area contributed by atoms with E-state index in [4.69, 9.17) is 0 Å². The van der Waals surface area contributed by atoms with E-state index in [2.05, 4.69) is 39.5 Å². The van der Waals surface area contributed by atoms with Crippen LogP contribution in [0.25, 0.3) is 0 Å². The zero-order valence-electron chi connectivity index (χ0n) is 12.8. The molecule has 0 saturated carbocycles. The summed E-state index contributed by atoms with van der Waals surface area (Å²) in [5.74, 6) is -5.33. The lowest BCUT2D eigenvalue weighted by Crippen LogP contribution is -2.24. The van der Waals surface area contributed by atoms with Crippen molar-refractivity contribution >= 4 is 35.2 Å². The molecule has 0 aromatic rings. The van der Waals surface area contributed by atoms with Crippen LogP contribution in [0.3, 0.4) is 0 Å². The summed E-state index contributed by atoms with van der Waals surface area (Å²) in [4.78, 5) is 69.3. The van der Waals surface area contributed by atoms with E-state index in [9.17, 15) is 28.8 Å². The number of ketones is 5. The summed E-state index contributed by atoms with van der Waals surface area (Å²) in [5, 5.41) is 0. The zero-order valence-corrected chi connectivity index (χ0v) is 12.8. The Morgan fingerprint density at radius 2 is 0.917 bits per heavy atom. The van der Waals surface area contributed by atoms with Crippen molar-refractivity contribution in [3.8, 4) is 0 Å². The molecule has 0 atom stereocenters. The molecule has 0 bridgehead atoms. The average molecular weight is 326 g/mol. The van der Waals surface area contributed by atoms with Crippen molar-refractivity contribution in [1.82, 2.24) is 0 Å². The van der Waals surface area contributed by atoms with Gasteiger partial charge in [0.2, 0.25) is 0 Å². The summed E-state index contributed by atoms with van der Waals surface area (Å²) < 4.78 is 0. The lowest BCUT2D eigenvalue weighted by molar-refractivity contribution is -0.120. The highest BCUT2D eigenvalue weighted by atomic mass is 16.2. The zero-order chi connectivity index (χ0) is 19.2. The molecule has 0 aliphatic rings. The second-order valence-electron chi connectivity index (χ2n) is 4.44. The fourth-order valence-corrected chi connectivity index (χ4v) is 1.34. The molecule has 6 heteroatoms. The molecule has 0 aliphatic heterocycles. The number of allylic oxidation sites excluding steroid dienone is 6. The monoisotopic (exact) mass is 326 g/mol. The van der Waals surface area contributed by atoms with Crippen LogP contribution >= 0.6 is 0 Å². The van der Waals surface area contributed by atoms with Gasteiger partial charge in [-0.15, -0.1) is 0 Å². The van der Waals surface area contributed by atoms with E-state index in [0.29, 0.717) is 0 Å². The Kier molecular flexibility index (Phi) is 6.98. The van der Waals surface area contributed by atoms with Gasteiger partial charge in [0.25, 0.3) is 0 Å². The molecular formula is C18H14O6. The van der Waals surface area contributed by atoms with Crippen LogP contribution in [0.5, 0.6) is 0 Å². The summed E-state index contributed by atoms with van der Waals surface area (Å²) in [7, 11) is 0. The van der Waals surface area contributed by atoms with Gasteiger partial charge in [-0.2, -0.15) is 0 Å². The molecule has 0 saturated heterocycles. The molecule has 24 heavy (non-hydrogen) atoms. The molecule has 0 heterocycles. The van der Waals surface area contributed by atoms with Crippen LogP contribution in [0.2, 0.25) is 0 Å².